The van der Waals surface area contributed by atoms with E-state index >= 15 is 0 Å². The lowest BCUT2D eigenvalue weighted by atomic mass is 10.2. The number of para-hydroxylation sites is 1. The Morgan fingerprint density at radius 3 is 2.80 bits per heavy atom. The molecular formula is C11H13ClO3. The first-order chi connectivity index (χ1) is 7.29. The molecule has 0 unspecified atom stereocenters. The van der Waals surface area contributed by atoms with Gasteiger partial charge in [-0.15, -0.1) is 11.6 Å². The number of carbonyl (C=O) groups excluding carboxylic acids is 1. The Labute approximate surface area is 93.9 Å². The zero-order valence-corrected chi connectivity index (χ0v) is 9.29. The summed E-state index contributed by atoms with van der Waals surface area (Å²) in [5.41, 5.74) is 0.435. The third-order valence-electron chi connectivity index (χ3n) is 1.72. The molecule has 0 amide bonds. The zero-order chi connectivity index (χ0) is 11.1. The van der Waals surface area contributed by atoms with Gasteiger partial charge >= 0.3 is 5.97 Å². The van der Waals surface area contributed by atoms with Crippen molar-refractivity contribution in [2.24, 2.45) is 0 Å². The average Bonchev–Trinajstić information content (AvgIpc) is 2.27. The molecule has 0 N–H and O–H groups in total. The molecular weight excluding hydrogens is 216 g/mol. The minimum atomic E-state index is -0.403. The summed E-state index contributed by atoms with van der Waals surface area (Å²) in [5, 5.41) is 0. The highest BCUT2D eigenvalue weighted by atomic mass is 35.5. The smallest absolute Gasteiger partial charge is 0.341 e. The Morgan fingerprint density at radius 1 is 1.40 bits per heavy atom. The molecule has 82 valence electrons. The van der Waals surface area contributed by atoms with E-state index < -0.39 is 5.97 Å². The summed E-state index contributed by atoms with van der Waals surface area (Å²) in [7, 11) is 0. The molecule has 1 aromatic carbocycles. The maximum atomic E-state index is 11.5. The van der Waals surface area contributed by atoms with Gasteiger partial charge in [0, 0.05) is 0 Å². The lowest BCUT2D eigenvalue weighted by Crippen LogP contribution is -2.09. The number of carbonyl (C=O) groups is 1. The van der Waals surface area contributed by atoms with E-state index in [1.165, 1.54) is 0 Å². The molecule has 0 saturated heterocycles. The van der Waals surface area contributed by atoms with Crippen molar-refractivity contribution >= 4 is 17.6 Å². The van der Waals surface area contributed by atoms with Gasteiger partial charge in [0.15, 0.2) is 0 Å². The minimum Gasteiger partial charge on any atom is -0.493 e. The Morgan fingerprint density at radius 2 is 2.13 bits per heavy atom. The van der Waals surface area contributed by atoms with Crippen molar-refractivity contribution in [3.63, 3.8) is 0 Å². The Hall–Kier alpha value is -1.22. The second-order valence-electron chi connectivity index (χ2n) is 2.75. The predicted octanol–water partition coefficient (Wildman–Crippen LogP) is 2.48. The molecule has 0 aliphatic heterocycles. The van der Waals surface area contributed by atoms with Crippen molar-refractivity contribution in [2.45, 2.75) is 6.92 Å². The average molecular weight is 229 g/mol. The third-order valence-corrected chi connectivity index (χ3v) is 1.87. The molecule has 4 heteroatoms. The van der Waals surface area contributed by atoms with Crippen LogP contribution in [0.25, 0.3) is 0 Å². The van der Waals surface area contributed by atoms with Crippen molar-refractivity contribution in [3.05, 3.63) is 29.8 Å². The Balaban J connectivity index is 2.77. The number of rotatable bonds is 5. The van der Waals surface area contributed by atoms with E-state index in [9.17, 15) is 4.79 Å². The van der Waals surface area contributed by atoms with E-state index in [0.29, 0.717) is 23.8 Å². The maximum Gasteiger partial charge on any atom is 0.341 e. The monoisotopic (exact) mass is 228 g/mol. The van der Waals surface area contributed by atoms with E-state index in [0.717, 1.165) is 0 Å². The molecule has 0 aromatic heterocycles. The summed E-state index contributed by atoms with van der Waals surface area (Å²) < 4.78 is 10.2. The summed E-state index contributed by atoms with van der Waals surface area (Å²) in [4.78, 5) is 11.5. The van der Waals surface area contributed by atoms with Gasteiger partial charge in [-0.3, -0.25) is 0 Å². The van der Waals surface area contributed by atoms with Crippen molar-refractivity contribution in [1.82, 2.24) is 0 Å². The number of ether oxygens (including phenoxy) is 2. The molecule has 0 radical (unpaired) electrons. The first-order valence-corrected chi connectivity index (χ1v) is 5.28. The molecule has 0 saturated carbocycles. The fourth-order valence-electron chi connectivity index (χ4n) is 1.13. The first-order valence-electron chi connectivity index (χ1n) is 4.74. The molecule has 0 bridgehead atoms. The summed E-state index contributed by atoms with van der Waals surface area (Å²) in [5.74, 6) is 0.432. The SMILES string of the molecule is CCOc1ccccc1C(=O)OCCCl. The van der Waals surface area contributed by atoms with E-state index in [1.807, 2.05) is 13.0 Å². The molecule has 15 heavy (non-hydrogen) atoms. The second-order valence-corrected chi connectivity index (χ2v) is 3.13. The minimum absolute atomic E-state index is 0.209. The molecule has 0 fully saturated rings. The third kappa shape index (κ3) is 3.44. The van der Waals surface area contributed by atoms with Crippen LogP contribution in [0.3, 0.4) is 0 Å². The predicted molar refractivity (Wildman–Crippen MR) is 58.6 cm³/mol. The van der Waals surface area contributed by atoms with Crippen LogP contribution in [0, 0.1) is 0 Å². The molecule has 0 atom stereocenters. The van der Waals surface area contributed by atoms with E-state index in [4.69, 9.17) is 21.1 Å². The van der Waals surface area contributed by atoms with Crippen molar-refractivity contribution in [1.29, 1.82) is 0 Å². The number of alkyl halides is 1. The second kappa shape index (κ2) is 6.30. The van der Waals surface area contributed by atoms with Crippen LogP contribution in [-0.2, 0) is 4.74 Å². The fourth-order valence-corrected chi connectivity index (χ4v) is 1.20. The maximum absolute atomic E-state index is 11.5. The van der Waals surface area contributed by atoms with Crippen LogP contribution >= 0.6 is 11.6 Å². The number of benzene rings is 1. The van der Waals surface area contributed by atoms with Gasteiger partial charge in [0.1, 0.15) is 17.9 Å². The van der Waals surface area contributed by atoms with Gasteiger partial charge in [0.05, 0.1) is 12.5 Å². The van der Waals surface area contributed by atoms with Crippen LogP contribution in [0.5, 0.6) is 5.75 Å². The Kier molecular flexibility index (Phi) is 4.98. The van der Waals surface area contributed by atoms with Crippen LogP contribution in [0.2, 0.25) is 0 Å². The molecule has 0 aliphatic carbocycles. The number of hydrogen-bond donors (Lipinski definition) is 0. The highest BCUT2D eigenvalue weighted by Crippen LogP contribution is 2.18. The van der Waals surface area contributed by atoms with Gasteiger partial charge < -0.3 is 9.47 Å². The van der Waals surface area contributed by atoms with Crippen LogP contribution in [-0.4, -0.2) is 25.1 Å². The van der Waals surface area contributed by atoms with E-state index in [-0.39, 0.29) is 6.61 Å². The standard InChI is InChI=1S/C11H13ClO3/c1-2-14-10-6-4-3-5-9(10)11(13)15-8-7-12/h3-6H,2,7-8H2,1H3. The summed E-state index contributed by atoms with van der Waals surface area (Å²) >= 11 is 5.43. The van der Waals surface area contributed by atoms with E-state index in [1.54, 1.807) is 18.2 Å². The largest absolute Gasteiger partial charge is 0.493 e. The van der Waals surface area contributed by atoms with Gasteiger partial charge in [-0.1, -0.05) is 12.1 Å². The van der Waals surface area contributed by atoms with Crippen molar-refractivity contribution in [2.75, 3.05) is 19.1 Å². The molecule has 1 rings (SSSR count). The highest BCUT2D eigenvalue weighted by molar-refractivity contribution is 6.18. The number of esters is 1. The normalized spacial score (nSPS) is 9.73. The van der Waals surface area contributed by atoms with Crippen molar-refractivity contribution in [3.8, 4) is 5.75 Å². The van der Waals surface area contributed by atoms with Crippen LogP contribution in [0.4, 0.5) is 0 Å². The molecule has 1 aromatic rings. The van der Waals surface area contributed by atoms with Gasteiger partial charge in [-0.05, 0) is 19.1 Å². The molecule has 3 nitrogen and oxygen atoms in total. The molecule has 0 spiro atoms. The van der Waals surface area contributed by atoms with Gasteiger partial charge in [0.25, 0.3) is 0 Å². The van der Waals surface area contributed by atoms with E-state index in [2.05, 4.69) is 0 Å². The molecule has 0 heterocycles. The number of halogens is 1. The van der Waals surface area contributed by atoms with Gasteiger partial charge in [-0.2, -0.15) is 0 Å². The van der Waals surface area contributed by atoms with Gasteiger partial charge in [-0.25, -0.2) is 4.79 Å². The quantitative estimate of drug-likeness (QED) is 0.574. The Bertz CT molecular complexity index is 325. The van der Waals surface area contributed by atoms with Crippen LogP contribution < -0.4 is 4.74 Å². The fraction of sp³-hybridized carbons (Fsp3) is 0.364. The first kappa shape index (κ1) is 11.9. The topological polar surface area (TPSA) is 35.5 Å². The lowest BCUT2D eigenvalue weighted by Gasteiger charge is -2.08. The summed E-state index contributed by atoms with van der Waals surface area (Å²) in [6, 6.07) is 6.98. The van der Waals surface area contributed by atoms with Crippen molar-refractivity contribution < 1.29 is 14.3 Å². The lowest BCUT2D eigenvalue weighted by molar-refractivity contribution is 0.0524. The van der Waals surface area contributed by atoms with Crippen LogP contribution in [0.1, 0.15) is 17.3 Å². The van der Waals surface area contributed by atoms with Crippen LogP contribution in [0.15, 0.2) is 24.3 Å². The summed E-state index contributed by atoms with van der Waals surface area (Å²) in [6.45, 7) is 2.58. The summed E-state index contributed by atoms with van der Waals surface area (Å²) in [6.07, 6.45) is 0. The molecule has 0 aliphatic rings. The van der Waals surface area contributed by atoms with Gasteiger partial charge in [0.2, 0.25) is 0 Å². The highest BCUT2D eigenvalue weighted by Gasteiger charge is 2.12. The number of hydrogen-bond acceptors (Lipinski definition) is 3. The zero-order valence-electron chi connectivity index (χ0n) is 8.53.